The molecule has 0 aliphatic carbocycles. The van der Waals surface area contributed by atoms with E-state index in [0.29, 0.717) is 19.6 Å². The zero-order valence-electron chi connectivity index (χ0n) is 14.5. The topological polar surface area (TPSA) is 104 Å². The van der Waals surface area contributed by atoms with E-state index in [4.69, 9.17) is 4.74 Å². The molecule has 0 aromatic heterocycles. The van der Waals surface area contributed by atoms with Crippen LogP contribution in [-0.4, -0.2) is 74.5 Å². The Labute approximate surface area is 152 Å². The van der Waals surface area contributed by atoms with Gasteiger partial charge in [0.1, 0.15) is 0 Å². The lowest BCUT2D eigenvalue weighted by Crippen LogP contribution is -2.45. The number of hydrogen-bond donors (Lipinski definition) is 1. The van der Waals surface area contributed by atoms with Crippen LogP contribution in [0, 0.1) is 11.3 Å². The van der Waals surface area contributed by atoms with Crippen LogP contribution in [0.1, 0.15) is 6.42 Å². The predicted octanol–water partition coefficient (Wildman–Crippen LogP) is 0.257. The Kier molecular flexibility index (Phi) is 5.05. The predicted molar refractivity (Wildman–Crippen MR) is 91.8 cm³/mol. The van der Waals surface area contributed by atoms with Crippen molar-refractivity contribution < 1.29 is 27.9 Å². The van der Waals surface area contributed by atoms with E-state index in [1.807, 2.05) is 0 Å². The average Bonchev–Trinajstić information content (AvgIpc) is 3.03. The van der Waals surface area contributed by atoms with E-state index in [0.717, 1.165) is 4.31 Å². The van der Waals surface area contributed by atoms with Crippen LogP contribution < -0.4 is 0 Å². The summed E-state index contributed by atoms with van der Waals surface area (Å²) in [5, 5.41) is 9.66. The Morgan fingerprint density at radius 3 is 2.65 bits per heavy atom. The van der Waals surface area contributed by atoms with Crippen LogP contribution in [0.25, 0.3) is 0 Å². The van der Waals surface area contributed by atoms with Crippen molar-refractivity contribution in [2.45, 2.75) is 11.3 Å². The van der Waals surface area contributed by atoms with E-state index < -0.39 is 27.3 Å². The Bertz CT molecular complexity index is 797. The number of fused-ring (bicyclic) bond motifs is 1. The van der Waals surface area contributed by atoms with Gasteiger partial charge in [-0.05, 0) is 18.6 Å². The van der Waals surface area contributed by atoms with E-state index in [1.54, 1.807) is 18.2 Å². The van der Waals surface area contributed by atoms with E-state index in [-0.39, 0.29) is 30.4 Å². The molecule has 2 aliphatic rings. The molecule has 0 bridgehead atoms. The molecule has 2 saturated heterocycles. The smallest absolute Gasteiger partial charge is 0.311 e. The SMILES string of the molecule is CN(CC(=O)N1C[C@H]2COCC[C@@]2(C(=O)O)C1)S(=O)(=O)c1ccccc1. The number of hydrogen-bond acceptors (Lipinski definition) is 5. The van der Waals surface area contributed by atoms with Crippen molar-refractivity contribution >= 4 is 21.9 Å². The van der Waals surface area contributed by atoms with Gasteiger partial charge in [-0.15, -0.1) is 0 Å². The van der Waals surface area contributed by atoms with E-state index in [9.17, 15) is 23.1 Å². The number of rotatable bonds is 5. The number of carboxylic acids is 1. The quantitative estimate of drug-likeness (QED) is 0.783. The third-order valence-electron chi connectivity index (χ3n) is 5.29. The molecule has 0 spiro atoms. The fourth-order valence-corrected chi connectivity index (χ4v) is 4.78. The fourth-order valence-electron chi connectivity index (χ4n) is 3.64. The molecule has 1 N–H and O–H groups in total. The molecule has 142 valence electrons. The first-order valence-electron chi connectivity index (χ1n) is 8.38. The lowest BCUT2D eigenvalue weighted by Gasteiger charge is -2.33. The monoisotopic (exact) mass is 382 g/mol. The molecule has 2 heterocycles. The number of aliphatic carboxylic acids is 1. The lowest BCUT2D eigenvalue weighted by atomic mass is 9.74. The Balaban J connectivity index is 1.72. The second kappa shape index (κ2) is 6.98. The van der Waals surface area contributed by atoms with Crippen LogP contribution in [0.4, 0.5) is 0 Å². The maximum Gasteiger partial charge on any atom is 0.311 e. The molecule has 0 unspecified atom stereocenters. The maximum atomic E-state index is 12.6. The van der Waals surface area contributed by atoms with Crippen LogP contribution >= 0.6 is 0 Å². The number of carbonyl (C=O) groups excluding carboxylic acids is 1. The summed E-state index contributed by atoms with van der Waals surface area (Å²) in [7, 11) is -2.43. The minimum Gasteiger partial charge on any atom is -0.481 e. The number of likely N-dealkylation sites (N-methyl/N-ethyl adjacent to an activating group) is 1. The molecule has 0 radical (unpaired) electrons. The zero-order valence-corrected chi connectivity index (χ0v) is 15.3. The van der Waals surface area contributed by atoms with Crippen LogP contribution in [0.15, 0.2) is 35.2 Å². The summed E-state index contributed by atoms with van der Waals surface area (Å²) in [6.45, 7) is 0.681. The second-order valence-electron chi connectivity index (χ2n) is 6.83. The standard InChI is InChI=1S/C17H22N2O6S/c1-18(26(23,24)14-5-3-2-4-6-14)10-15(20)19-9-13-11-25-8-7-17(13,12-19)16(21)22/h2-6,13H,7-12H2,1H3,(H,21,22)/t13-,17+/m0/s1. The van der Waals surface area contributed by atoms with Gasteiger partial charge < -0.3 is 14.7 Å². The summed E-state index contributed by atoms with van der Waals surface area (Å²) in [6.07, 6.45) is 0.356. The first kappa shape index (κ1) is 18.8. The summed E-state index contributed by atoms with van der Waals surface area (Å²) >= 11 is 0. The average molecular weight is 382 g/mol. The first-order chi connectivity index (χ1) is 12.3. The highest BCUT2D eigenvalue weighted by atomic mass is 32.2. The number of likely N-dealkylation sites (tertiary alicyclic amines) is 1. The molecule has 26 heavy (non-hydrogen) atoms. The van der Waals surface area contributed by atoms with E-state index in [1.165, 1.54) is 24.1 Å². The van der Waals surface area contributed by atoms with Crippen molar-refractivity contribution in [1.29, 1.82) is 0 Å². The molecule has 2 atom stereocenters. The van der Waals surface area contributed by atoms with Gasteiger partial charge in [0.15, 0.2) is 0 Å². The highest BCUT2D eigenvalue weighted by Gasteiger charge is 2.54. The molecule has 1 amide bonds. The third kappa shape index (κ3) is 3.22. The molecule has 3 rings (SSSR count). The van der Waals surface area contributed by atoms with Gasteiger partial charge in [-0.3, -0.25) is 9.59 Å². The maximum absolute atomic E-state index is 12.6. The van der Waals surface area contributed by atoms with Gasteiger partial charge in [-0.1, -0.05) is 18.2 Å². The number of ether oxygens (including phenoxy) is 1. The highest BCUT2D eigenvalue weighted by molar-refractivity contribution is 7.89. The van der Waals surface area contributed by atoms with Gasteiger partial charge in [-0.2, -0.15) is 4.31 Å². The molecule has 2 fully saturated rings. The Morgan fingerprint density at radius 2 is 2.04 bits per heavy atom. The van der Waals surface area contributed by atoms with Crippen molar-refractivity contribution in [3.05, 3.63) is 30.3 Å². The highest BCUT2D eigenvalue weighted by Crippen LogP contribution is 2.42. The molecule has 0 saturated carbocycles. The summed E-state index contributed by atoms with van der Waals surface area (Å²) in [6, 6.07) is 7.88. The van der Waals surface area contributed by atoms with Crippen LogP contribution in [0.3, 0.4) is 0 Å². The zero-order chi connectivity index (χ0) is 18.9. The van der Waals surface area contributed by atoms with Crippen molar-refractivity contribution in [2.75, 3.05) is 39.9 Å². The third-order valence-corrected chi connectivity index (χ3v) is 7.11. The summed E-state index contributed by atoms with van der Waals surface area (Å²) in [5.74, 6) is -1.60. The summed E-state index contributed by atoms with van der Waals surface area (Å²) < 4.78 is 31.5. The normalized spacial score (nSPS) is 25.9. The van der Waals surface area contributed by atoms with Gasteiger partial charge in [0.25, 0.3) is 0 Å². The van der Waals surface area contributed by atoms with Crippen LogP contribution in [0.2, 0.25) is 0 Å². The Hall–Kier alpha value is -1.97. The van der Waals surface area contributed by atoms with Gasteiger partial charge in [0.2, 0.25) is 15.9 Å². The van der Waals surface area contributed by atoms with Crippen molar-refractivity contribution in [3.8, 4) is 0 Å². The van der Waals surface area contributed by atoms with Gasteiger partial charge in [0, 0.05) is 32.7 Å². The largest absolute Gasteiger partial charge is 0.481 e. The summed E-state index contributed by atoms with van der Waals surface area (Å²) in [5.41, 5.74) is -0.995. The van der Waals surface area contributed by atoms with Crippen LogP contribution in [0.5, 0.6) is 0 Å². The number of benzene rings is 1. The first-order valence-corrected chi connectivity index (χ1v) is 9.82. The molecular formula is C17H22N2O6S. The molecule has 1 aromatic carbocycles. The van der Waals surface area contributed by atoms with E-state index in [2.05, 4.69) is 0 Å². The fraction of sp³-hybridized carbons (Fsp3) is 0.529. The van der Waals surface area contributed by atoms with Crippen molar-refractivity contribution in [1.82, 2.24) is 9.21 Å². The number of amides is 1. The second-order valence-corrected chi connectivity index (χ2v) is 8.88. The molecule has 1 aromatic rings. The van der Waals surface area contributed by atoms with Gasteiger partial charge in [0.05, 0.1) is 23.5 Å². The lowest BCUT2D eigenvalue weighted by molar-refractivity contribution is -0.157. The van der Waals surface area contributed by atoms with Crippen molar-refractivity contribution in [2.24, 2.45) is 11.3 Å². The molecule has 8 nitrogen and oxygen atoms in total. The molecule has 9 heteroatoms. The summed E-state index contributed by atoms with van der Waals surface area (Å²) in [4.78, 5) is 26.0. The molecular weight excluding hydrogens is 360 g/mol. The van der Waals surface area contributed by atoms with Crippen LogP contribution in [-0.2, 0) is 24.3 Å². The number of sulfonamides is 1. The van der Waals surface area contributed by atoms with Gasteiger partial charge in [-0.25, -0.2) is 8.42 Å². The Morgan fingerprint density at radius 1 is 1.35 bits per heavy atom. The number of carboxylic acid groups (broad SMARTS) is 1. The van der Waals surface area contributed by atoms with Gasteiger partial charge >= 0.3 is 5.97 Å². The van der Waals surface area contributed by atoms with E-state index >= 15 is 0 Å². The minimum absolute atomic E-state index is 0.0917. The number of carbonyl (C=O) groups is 2. The van der Waals surface area contributed by atoms with Crippen molar-refractivity contribution in [3.63, 3.8) is 0 Å². The minimum atomic E-state index is -3.78. The molecule has 2 aliphatic heterocycles. The number of nitrogens with zero attached hydrogens (tertiary/aromatic N) is 2.